The normalized spacial score (nSPS) is 27.2. The fourth-order valence-electron chi connectivity index (χ4n) is 7.41. The molecule has 3 aliphatic heterocycles. The van der Waals surface area contributed by atoms with E-state index >= 15 is 0 Å². The monoisotopic (exact) mass is 611 g/mol. The minimum atomic E-state index is -0.707. The molecule has 0 aromatic heterocycles. The van der Waals surface area contributed by atoms with Crippen molar-refractivity contribution < 1.29 is 24.2 Å². The predicted molar refractivity (Wildman–Crippen MR) is 174 cm³/mol. The Labute approximate surface area is 261 Å². The standard InChI is InChI=1S/C34H49N3O5S/c1-6-10-14-22-42-33(41)28-27-23-24(5)34(43-27)29(28)31(39)37(20-12-11-13-21-38)30(34)32(40)36(19-7-2)26-17-15-25(16-18-26)35(8-3)9-4/h6-7,15-18,24,27-30,38H,1-2,8-14,19-23H2,3-5H3/t24?,27-,28+,29-,30?,34?/m0/s1. The van der Waals surface area contributed by atoms with Crippen LogP contribution < -0.4 is 9.80 Å². The minimum Gasteiger partial charge on any atom is -0.465 e. The van der Waals surface area contributed by atoms with Gasteiger partial charge in [0, 0.05) is 49.4 Å². The van der Waals surface area contributed by atoms with Crippen molar-refractivity contribution in [3.05, 3.63) is 49.6 Å². The van der Waals surface area contributed by atoms with Crippen LogP contribution in [0.5, 0.6) is 0 Å². The smallest absolute Gasteiger partial charge is 0.310 e. The largest absolute Gasteiger partial charge is 0.465 e. The van der Waals surface area contributed by atoms with E-state index < -0.39 is 22.6 Å². The van der Waals surface area contributed by atoms with Crippen LogP contribution in [0.15, 0.2) is 49.6 Å². The van der Waals surface area contributed by atoms with E-state index in [2.05, 4.69) is 38.8 Å². The summed E-state index contributed by atoms with van der Waals surface area (Å²) in [5, 5.41) is 9.28. The molecular weight excluding hydrogens is 562 g/mol. The molecule has 236 valence electrons. The van der Waals surface area contributed by atoms with E-state index in [-0.39, 0.29) is 35.6 Å². The first-order valence-corrected chi connectivity index (χ1v) is 16.8. The van der Waals surface area contributed by atoms with Crippen LogP contribution in [0.4, 0.5) is 11.4 Å². The lowest BCUT2D eigenvalue weighted by molar-refractivity contribution is -0.154. The van der Waals surface area contributed by atoms with E-state index in [0.717, 1.165) is 43.7 Å². The summed E-state index contributed by atoms with van der Waals surface area (Å²) in [6.07, 6.45) is 7.82. The molecular formula is C34H49N3O5S. The third-order valence-electron chi connectivity index (χ3n) is 9.47. The second-order valence-electron chi connectivity index (χ2n) is 11.9. The SMILES string of the molecule is C=CCCCOC(=O)[C@@H]1[C@@H]2CC(C)C3(S2)C(C(=O)N(CC=C)c2ccc(N(CC)CC)cc2)N(CCCCCO)C(=O)[C@H]13. The summed E-state index contributed by atoms with van der Waals surface area (Å²) in [5.41, 5.74) is 1.85. The van der Waals surface area contributed by atoms with Crippen LogP contribution in [0.25, 0.3) is 0 Å². The molecule has 3 saturated heterocycles. The van der Waals surface area contributed by atoms with Crippen molar-refractivity contribution in [2.75, 3.05) is 49.2 Å². The van der Waals surface area contributed by atoms with Crippen molar-refractivity contribution in [3.8, 4) is 0 Å². The van der Waals surface area contributed by atoms with Crippen molar-refractivity contribution in [3.63, 3.8) is 0 Å². The summed E-state index contributed by atoms with van der Waals surface area (Å²) in [6.45, 7) is 16.9. The number of fused-ring (bicyclic) bond motifs is 1. The zero-order valence-corrected chi connectivity index (χ0v) is 26.9. The quantitative estimate of drug-likeness (QED) is 0.150. The second kappa shape index (κ2) is 14.8. The third kappa shape index (κ3) is 6.25. The first kappa shape index (κ1) is 33.1. The molecule has 0 saturated carbocycles. The first-order chi connectivity index (χ1) is 20.8. The van der Waals surface area contributed by atoms with Crippen LogP contribution in [0, 0.1) is 17.8 Å². The molecule has 1 aromatic rings. The number of carbonyl (C=O) groups is 3. The molecule has 8 nitrogen and oxygen atoms in total. The van der Waals surface area contributed by atoms with Gasteiger partial charge in [0.15, 0.2) is 0 Å². The average Bonchev–Trinajstić information content (AvgIpc) is 3.60. The van der Waals surface area contributed by atoms with E-state index in [0.29, 0.717) is 39.0 Å². The first-order valence-electron chi connectivity index (χ1n) is 15.9. The molecule has 2 amide bonds. The molecule has 6 atom stereocenters. The molecule has 9 heteroatoms. The minimum absolute atomic E-state index is 0.0519. The maximum atomic E-state index is 14.8. The van der Waals surface area contributed by atoms with Gasteiger partial charge in [-0.3, -0.25) is 14.4 Å². The van der Waals surface area contributed by atoms with Gasteiger partial charge in [0.25, 0.3) is 5.91 Å². The molecule has 1 aromatic carbocycles. The van der Waals surface area contributed by atoms with Gasteiger partial charge < -0.3 is 24.5 Å². The maximum Gasteiger partial charge on any atom is 0.310 e. The van der Waals surface area contributed by atoms with Crippen LogP contribution in [0.2, 0.25) is 0 Å². The van der Waals surface area contributed by atoms with E-state index in [1.54, 1.807) is 33.7 Å². The highest BCUT2D eigenvalue weighted by atomic mass is 32.2. The number of carbonyl (C=O) groups excluding carboxylic acids is 3. The highest BCUT2D eigenvalue weighted by Gasteiger charge is 2.76. The number of ether oxygens (including phenoxy) is 1. The van der Waals surface area contributed by atoms with Gasteiger partial charge in [-0.25, -0.2) is 0 Å². The Kier molecular flexibility index (Phi) is 11.4. The zero-order chi connectivity index (χ0) is 31.1. The Morgan fingerprint density at radius 3 is 2.42 bits per heavy atom. The van der Waals surface area contributed by atoms with Gasteiger partial charge in [-0.2, -0.15) is 0 Å². The van der Waals surface area contributed by atoms with Crippen molar-refractivity contribution in [1.82, 2.24) is 4.90 Å². The molecule has 0 aliphatic carbocycles. The number of allylic oxidation sites excluding steroid dienone is 1. The van der Waals surface area contributed by atoms with Crippen molar-refractivity contribution in [2.24, 2.45) is 17.8 Å². The van der Waals surface area contributed by atoms with E-state index in [9.17, 15) is 19.5 Å². The molecule has 4 rings (SSSR count). The number of benzene rings is 1. The Balaban J connectivity index is 1.70. The van der Waals surface area contributed by atoms with Gasteiger partial charge in [-0.1, -0.05) is 19.1 Å². The van der Waals surface area contributed by atoms with Crippen molar-refractivity contribution >= 4 is 40.9 Å². The van der Waals surface area contributed by atoms with Gasteiger partial charge in [0.05, 0.1) is 23.2 Å². The van der Waals surface area contributed by atoms with Crippen LogP contribution in [-0.4, -0.2) is 83.2 Å². The van der Waals surface area contributed by atoms with Crippen molar-refractivity contribution in [1.29, 1.82) is 0 Å². The number of thioether (sulfide) groups is 1. The molecule has 3 heterocycles. The predicted octanol–water partition coefficient (Wildman–Crippen LogP) is 5.06. The Morgan fingerprint density at radius 1 is 1.09 bits per heavy atom. The fourth-order valence-corrected chi connectivity index (χ4v) is 9.81. The average molecular weight is 612 g/mol. The Hall–Kier alpha value is -2.78. The molecule has 1 spiro atoms. The molecule has 2 bridgehead atoms. The van der Waals surface area contributed by atoms with Crippen LogP contribution in [-0.2, 0) is 19.1 Å². The molecule has 3 unspecified atom stereocenters. The number of unbranched alkanes of at least 4 members (excludes halogenated alkanes) is 3. The summed E-state index contributed by atoms with van der Waals surface area (Å²) in [4.78, 5) is 48.4. The fraction of sp³-hybridized carbons (Fsp3) is 0.618. The number of aliphatic hydroxyl groups excluding tert-OH is 1. The summed E-state index contributed by atoms with van der Waals surface area (Å²) < 4.78 is 5.00. The number of aliphatic hydroxyl groups is 1. The van der Waals surface area contributed by atoms with Crippen LogP contribution in [0.3, 0.4) is 0 Å². The van der Waals surface area contributed by atoms with E-state index in [1.807, 2.05) is 24.3 Å². The van der Waals surface area contributed by atoms with Crippen LogP contribution in [0.1, 0.15) is 59.3 Å². The number of rotatable bonds is 17. The lowest BCUT2D eigenvalue weighted by atomic mass is 9.66. The lowest BCUT2D eigenvalue weighted by Crippen LogP contribution is -2.57. The second-order valence-corrected chi connectivity index (χ2v) is 13.4. The van der Waals surface area contributed by atoms with Gasteiger partial charge in [0.1, 0.15) is 6.04 Å². The zero-order valence-electron chi connectivity index (χ0n) is 26.1. The molecule has 3 aliphatic rings. The lowest BCUT2D eigenvalue weighted by Gasteiger charge is -2.40. The maximum absolute atomic E-state index is 14.8. The third-order valence-corrected chi connectivity index (χ3v) is 11.5. The summed E-state index contributed by atoms with van der Waals surface area (Å²) in [7, 11) is 0. The van der Waals surface area contributed by atoms with Gasteiger partial charge in [-0.05, 0) is 82.6 Å². The number of nitrogens with zero attached hydrogens (tertiary/aromatic N) is 3. The summed E-state index contributed by atoms with van der Waals surface area (Å²) in [5.74, 6) is -1.65. The van der Waals surface area contributed by atoms with Gasteiger partial charge >= 0.3 is 5.97 Å². The molecule has 0 radical (unpaired) electrons. The van der Waals surface area contributed by atoms with E-state index in [1.165, 1.54) is 0 Å². The number of amides is 2. The number of likely N-dealkylation sites (tertiary alicyclic amines) is 1. The van der Waals surface area contributed by atoms with Gasteiger partial charge in [0.2, 0.25) is 5.91 Å². The number of hydrogen-bond acceptors (Lipinski definition) is 7. The molecule has 1 N–H and O–H groups in total. The summed E-state index contributed by atoms with van der Waals surface area (Å²) >= 11 is 1.67. The number of anilines is 2. The van der Waals surface area contributed by atoms with Gasteiger partial charge in [-0.15, -0.1) is 24.9 Å². The Morgan fingerprint density at radius 2 is 1.79 bits per heavy atom. The molecule has 3 fully saturated rings. The van der Waals surface area contributed by atoms with E-state index in [4.69, 9.17) is 4.74 Å². The van der Waals surface area contributed by atoms with Crippen molar-refractivity contribution in [2.45, 2.75) is 75.3 Å². The Bertz CT molecular complexity index is 1160. The summed E-state index contributed by atoms with van der Waals surface area (Å²) in [6, 6.07) is 7.31. The number of esters is 1. The highest BCUT2D eigenvalue weighted by Crippen LogP contribution is 2.68. The number of hydrogen-bond donors (Lipinski definition) is 1. The topological polar surface area (TPSA) is 90.4 Å². The highest BCUT2D eigenvalue weighted by molar-refractivity contribution is 8.02. The van der Waals surface area contributed by atoms with Crippen LogP contribution >= 0.6 is 11.8 Å². The molecule has 43 heavy (non-hydrogen) atoms.